The summed E-state index contributed by atoms with van der Waals surface area (Å²) in [5, 5.41) is 7.44. The second kappa shape index (κ2) is 7.82. The summed E-state index contributed by atoms with van der Waals surface area (Å²) in [6, 6.07) is 11.6. The van der Waals surface area contributed by atoms with Crippen molar-refractivity contribution in [3.05, 3.63) is 59.9 Å². The summed E-state index contributed by atoms with van der Waals surface area (Å²) < 4.78 is 13.5. The number of rotatable bonds is 5. The first-order valence-electron chi connectivity index (χ1n) is 10.4. The summed E-state index contributed by atoms with van der Waals surface area (Å²) in [7, 11) is 1.65. The quantitative estimate of drug-likeness (QED) is 0.694. The molecule has 2 aromatic heterocycles. The minimum absolute atomic E-state index is 0.0483. The van der Waals surface area contributed by atoms with Crippen molar-refractivity contribution in [3.8, 4) is 17.3 Å². The number of carbonyl (C=O) groups is 1. The number of fused-ring (bicyclic) bond motifs is 1. The van der Waals surface area contributed by atoms with Crippen LogP contribution in [0.3, 0.4) is 0 Å². The number of amides is 1. The van der Waals surface area contributed by atoms with E-state index in [9.17, 15) is 4.79 Å². The van der Waals surface area contributed by atoms with Crippen molar-refractivity contribution >= 4 is 11.7 Å². The number of hydrogen-bond donors (Lipinski definition) is 1. The van der Waals surface area contributed by atoms with Gasteiger partial charge in [-0.1, -0.05) is 12.1 Å². The molecule has 0 bridgehead atoms. The Balaban J connectivity index is 1.51. The molecule has 0 saturated heterocycles. The number of anilines is 1. The molecule has 0 spiro atoms. The lowest BCUT2D eigenvalue weighted by atomic mass is 9.87. The lowest BCUT2D eigenvalue weighted by Crippen LogP contribution is -2.23. The highest BCUT2D eigenvalue weighted by atomic mass is 16.5. The minimum Gasteiger partial charge on any atom is -0.493 e. The van der Waals surface area contributed by atoms with Gasteiger partial charge in [0.1, 0.15) is 0 Å². The van der Waals surface area contributed by atoms with Crippen molar-refractivity contribution < 1.29 is 14.3 Å². The molecule has 5 rings (SSSR count). The van der Waals surface area contributed by atoms with E-state index in [-0.39, 0.29) is 17.9 Å². The van der Waals surface area contributed by atoms with Gasteiger partial charge in [0.2, 0.25) is 5.91 Å². The van der Waals surface area contributed by atoms with Gasteiger partial charge in [0.15, 0.2) is 23.1 Å². The van der Waals surface area contributed by atoms with Gasteiger partial charge >= 0.3 is 0 Å². The number of pyridine rings is 1. The van der Waals surface area contributed by atoms with Gasteiger partial charge in [0.05, 0.1) is 13.2 Å². The Hall–Kier alpha value is -3.35. The van der Waals surface area contributed by atoms with Gasteiger partial charge in [0.25, 0.3) is 0 Å². The number of nitrogens with one attached hydrogen (secondary N) is 1. The van der Waals surface area contributed by atoms with Gasteiger partial charge in [0, 0.05) is 30.3 Å². The SMILES string of the molecule is COc1ccc(C2CC(=O)Nc3nn(-c4ccccn4)cc32)cc1OC1CCCC1. The van der Waals surface area contributed by atoms with Crippen LogP contribution in [-0.2, 0) is 4.79 Å². The molecule has 1 saturated carbocycles. The number of benzene rings is 1. The zero-order chi connectivity index (χ0) is 20.5. The predicted molar refractivity (Wildman–Crippen MR) is 112 cm³/mol. The normalized spacial score (nSPS) is 18.7. The standard InChI is InChI=1S/C23H24N4O3/c1-29-19-10-9-15(12-20(19)30-16-6-2-3-7-16)17-13-22(28)25-23-18(17)14-27(26-23)21-8-4-5-11-24-21/h4-5,8-12,14,16-17H,2-3,6-7,13H2,1H3,(H,25,26,28). The molecule has 1 aliphatic carbocycles. The monoisotopic (exact) mass is 404 g/mol. The van der Waals surface area contributed by atoms with Crippen molar-refractivity contribution in [1.82, 2.24) is 14.8 Å². The molecule has 3 heterocycles. The maximum absolute atomic E-state index is 12.4. The van der Waals surface area contributed by atoms with E-state index in [1.54, 1.807) is 18.0 Å². The maximum atomic E-state index is 12.4. The van der Waals surface area contributed by atoms with E-state index in [4.69, 9.17) is 9.47 Å². The first-order chi connectivity index (χ1) is 14.7. The lowest BCUT2D eigenvalue weighted by Gasteiger charge is -2.23. The molecule has 154 valence electrons. The largest absolute Gasteiger partial charge is 0.493 e. The summed E-state index contributed by atoms with van der Waals surface area (Å²) >= 11 is 0. The van der Waals surface area contributed by atoms with E-state index in [0.29, 0.717) is 18.1 Å². The van der Waals surface area contributed by atoms with Gasteiger partial charge in [-0.3, -0.25) is 4.79 Å². The van der Waals surface area contributed by atoms with Crippen LogP contribution in [0.5, 0.6) is 11.5 Å². The van der Waals surface area contributed by atoms with E-state index < -0.39 is 0 Å². The highest BCUT2D eigenvalue weighted by molar-refractivity contribution is 5.94. The van der Waals surface area contributed by atoms with Crippen LogP contribution >= 0.6 is 0 Å². The second-order valence-electron chi connectivity index (χ2n) is 7.81. The average molecular weight is 404 g/mol. The van der Waals surface area contributed by atoms with Gasteiger partial charge in [-0.2, -0.15) is 0 Å². The lowest BCUT2D eigenvalue weighted by molar-refractivity contribution is -0.116. The molecule has 2 aliphatic rings. The summed E-state index contributed by atoms with van der Waals surface area (Å²) in [5.74, 6) is 2.59. The van der Waals surface area contributed by atoms with E-state index in [1.165, 1.54) is 12.8 Å². The summed E-state index contributed by atoms with van der Waals surface area (Å²) in [6.07, 6.45) is 8.80. The van der Waals surface area contributed by atoms with Crippen LogP contribution in [0.25, 0.3) is 5.82 Å². The zero-order valence-corrected chi connectivity index (χ0v) is 16.9. The highest BCUT2D eigenvalue weighted by Crippen LogP contribution is 2.40. The maximum Gasteiger partial charge on any atom is 0.226 e. The number of carbonyl (C=O) groups excluding carboxylic acids is 1. The predicted octanol–water partition coefficient (Wildman–Crippen LogP) is 4.07. The van der Waals surface area contributed by atoms with Crippen molar-refractivity contribution in [1.29, 1.82) is 0 Å². The van der Waals surface area contributed by atoms with Crippen LogP contribution in [0.15, 0.2) is 48.8 Å². The molecule has 30 heavy (non-hydrogen) atoms. The van der Waals surface area contributed by atoms with Crippen LogP contribution in [0.4, 0.5) is 5.82 Å². The van der Waals surface area contributed by atoms with Crippen LogP contribution in [0, 0.1) is 0 Å². The molecular weight excluding hydrogens is 380 g/mol. The third kappa shape index (κ3) is 3.51. The minimum atomic E-state index is -0.108. The number of hydrogen-bond acceptors (Lipinski definition) is 5. The Labute approximate surface area is 175 Å². The van der Waals surface area contributed by atoms with Gasteiger partial charge in [-0.05, 0) is 55.5 Å². The van der Waals surface area contributed by atoms with Crippen LogP contribution in [-0.4, -0.2) is 33.9 Å². The van der Waals surface area contributed by atoms with Gasteiger partial charge in [-0.25, -0.2) is 9.67 Å². The molecule has 7 heteroatoms. The number of aromatic nitrogens is 3. The fourth-order valence-corrected chi connectivity index (χ4v) is 4.31. The molecule has 1 aromatic carbocycles. The molecule has 1 amide bonds. The average Bonchev–Trinajstić information content (AvgIpc) is 3.43. The number of methoxy groups -OCH3 is 1. The highest BCUT2D eigenvalue weighted by Gasteiger charge is 2.30. The van der Waals surface area contributed by atoms with Gasteiger partial charge in [-0.15, -0.1) is 5.10 Å². The Kier molecular flexibility index (Phi) is 4.86. The zero-order valence-electron chi connectivity index (χ0n) is 16.9. The molecule has 7 nitrogen and oxygen atoms in total. The Morgan fingerprint density at radius 3 is 2.77 bits per heavy atom. The third-order valence-corrected chi connectivity index (χ3v) is 5.84. The first-order valence-corrected chi connectivity index (χ1v) is 10.4. The Morgan fingerprint density at radius 2 is 2.00 bits per heavy atom. The van der Waals surface area contributed by atoms with E-state index >= 15 is 0 Å². The molecule has 0 radical (unpaired) electrons. The Morgan fingerprint density at radius 1 is 1.13 bits per heavy atom. The number of ether oxygens (including phenoxy) is 2. The van der Waals surface area contributed by atoms with Crippen molar-refractivity contribution in [2.24, 2.45) is 0 Å². The summed E-state index contributed by atoms with van der Waals surface area (Å²) in [5.41, 5.74) is 1.98. The van der Waals surface area contributed by atoms with E-state index in [1.807, 2.05) is 42.6 Å². The van der Waals surface area contributed by atoms with Crippen molar-refractivity contribution in [3.63, 3.8) is 0 Å². The molecule has 1 fully saturated rings. The summed E-state index contributed by atoms with van der Waals surface area (Å²) in [6.45, 7) is 0. The van der Waals surface area contributed by atoms with Gasteiger partial charge < -0.3 is 14.8 Å². The fraction of sp³-hybridized carbons (Fsp3) is 0.348. The number of nitrogens with zero attached hydrogens (tertiary/aromatic N) is 3. The summed E-state index contributed by atoms with van der Waals surface area (Å²) in [4.78, 5) is 16.8. The molecule has 1 unspecified atom stereocenters. The van der Waals surface area contributed by atoms with E-state index in [0.717, 1.165) is 35.5 Å². The molecule has 1 N–H and O–H groups in total. The third-order valence-electron chi connectivity index (χ3n) is 5.84. The topological polar surface area (TPSA) is 78.3 Å². The molecule has 3 aromatic rings. The van der Waals surface area contributed by atoms with Crippen LogP contribution in [0.2, 0.25) is 0 Å². The second-order valence-corrected chi connectivity index (χ2v) is 7.81. The smallest absolute Gasteiger partial charge is 0.226 e. The van der Waals surface area contributed by atoms with Crippen molar-refractivity contribution in [2.75, 3.05) is 12.4 Å². The molecule has 1 aliphatic heterocycles. The van der Waals surface area contributed by atoms with E-state index in [2.05, 4.69) is 15.4 Å². The first kappa shape index (κ1) is 18.7. The Bertz CT molecular complexity index is 1060. The van der Waals surface area contributed by atoms with Crippen LogP contribution in [0.1, 0.15) is 49.1 Å². The molecule has 1 atom stereocenters. The fourth-order valence-electron chi connectivity index (χ4n) is 4.31. The molecular formula is C23H24N4O3. The van der Waals surface area contributed by atoms with Crippen LogP contribution < -0.4 is 14.8 Å². The van der Waals surface area contributed by atoms with Crippen molar-refractivity contribution in [2.45, 2.75) is 44.1 Å².